The third-order valence-electron chi connectivity index (χ3n) is 6.03. The van der Waals surface area contributed by atoms with Crippen molar-refractivity contribution >= 4 is 29.0 Å². The monoisotopic (exact) mass is 494 g/mol. The number of aliphatic imine (C=N–C) groups is 1. The molecule has 0 saturated carbocycles. The van der Waals surface area contributed by atoms with E-state index in [0.717, 1.165) is 19.0 Å². The Balaban J connectivity index is 1.66. The minimum atomic E-state index is -1.29. The molecule has 34 heavy (non-hydrogen) atoms. The Morgan fingerprint density at radius 1 is 1.21 bits per heavy atom. The fourth-order valence-electron chi connectivity index (χ4n) is 4.35. The Bertz CT molecular complexity index is 1100. The molecule has 0 radical (unpaired) electrons. The number of benzene rings is 1. The fraction of sp³-hybridized carbons (Fsp3) is 0.455. The van der Waals surface area contributed by atoms with Gasteiger partial charge in [0.1, 0.15) is 17.7 Å². The second-order valence-corrected chi connectivity index (χ2v) is 9.10. The summed E-state index contributed by atoms with van der Waals surface area (Å²) in [6.07, 6.45) is 0.917. The summed E-state index contributed by atoms with van der Waals surface area (Å²) >= 11 is 1.38. The van der Waals surface area contributed by atoms with E-state index in [0.29, 0.717) is 24.8 Å². The zero-order chi connectivity index (χ0) is 24.4. The van der Waals surface area contributed by atoms with Crippen molar-refractivity contribution in [3.05, 3.63) is 51.7 Å². The third kappa shape index (κ3) is 4.92. The lowest BCUT2D eigenvalue weighted by atomic mass is 10.1. The number of amides is 2. The number of amidine groups is 1. The van der Waals surface area contributed by atoms with E-state index in [4.69, 9.17) is 0 Å². The quantitative estimate of drug-likeness (QED) is 0.589. The molecule has 12 heteroatoms. The van der Waals surface area contributed by atoms with Crippen molar-refractivity contribution in [2.75, 3.05) is 33.7 Å². The number of likely N-dealkylation sites (N-methyl/N-ethyl adjacent to an activating group) is 2. The molecule has 2 aliphatic rings. The predicted molar refractivity (Wildman–Crippen MR) is 121 cm³/mol. The van der Waals surface area contributed by atoms with Gasteiger partial charge in [-0.05, 0) is 26.1 Å². The van der Waals surface area contributed by atoms with Crippen LogP contribution in [0.25, 0.3) is 0 Å². The zero-order valence-corrected chi connectivity index (χ0v) is 19.5. The first-order chi connectivity index (χ1) is 16.3. The van der Waals surface area contributed by atoms with E-state index in [2.05, 4.69) is 20.6 Å². The second kappa shape index (κ2) is 10.1. The molecule has 8 nitrogen and oxygen atoms in total. The van der Waals surface area contributed by atoms with Crippen LogP contribution in [0.4, 0.5) is 13.2 Å². The number of halogens is 3. The van der Waals surface area contributed by atoms with Crippen LogP contribution in [0, 0.1) is 17.5 Å². The molecule has 0 spiro atoms. The molecule has 4 rings (SSSR count). The topological polar surface area (TPSA) is 89.9 Å². The van der Waals surface area contributed by atoms with Crippen LogP contribution >= 0.6 is 11.3 Å². The molecule has 2 amide bonds. The minimum Gasteiger partial charge on any atom is -0.357 e. The number of rotatable bonds is 6. The van der Waals surface area contributed by atoms with Gasteiger partial charge in [-0.25, -0.2) is 18.2 Å². The summed E-state index contributed by atoms with van der Waals surface area (Å²) in [6.45, 7) is 1.67. The van der Waals surface area contributed by atoms with Crippen molar-refractivity contribution in [2.45, 2.75) is 31.0 Å². The zero-order valence-electron chi connectivity index (χ0n) is 18.7. The summed E-state index contributed by atoms with van der Waals surface area (Å²) in [6, 6.07) is -1.05. The summed E-state index contributed by atoms with van der Waals surface area (Å²) in [5, 5.41) is 7.09. The lowest BCUT2D eigenvalue weighted by Crippen LogP contribution is -2.54. The van der Waals surface area contributed by atoms with E-state index >= 15 is 0 Å². The van der Waals surface area contributed by atoms with Crippen LogP contribution in [-0.4, -0.2) is 84.3 Å². The van der Waals surface area contributed by atoms with Gasteiger partial charge < -0.3 is 20.4 Å². The van der Waals surface area contributed by atoms with Crippen molar-refractivity contribution in [1.29, 1.82) is 0 Å². The number of hydrogen-bond acceptors (Lipinski definition) is 7. The SMILES string of the molecule is CNC(=O)C(Cc1cscn1)NC(=O)C1N=C(c2cc(F)c(F)cc2F)N2CCCN(C)C[C@@H]12. The van der Waals surface area contributed by atoms with Gasteiger partial charge in [0.15, 0.2) is 17.7 Å². The van der Waals surface area contributed by atoms with Crippen LogP contribution in [0.3, 0.4) is 0 Å². The van der Waals surface area contributed by atoms with Crippen LogP contribution in [0.15, 0.2) is 28.0 Å². The van der Waals surface area contributed by atoms with Crippen LogP contribution in [-0.2, 0) is 16.0 Å². The molecule has 3 atom stereocenters. The van der Waals surface area contributed by atoms with Gasteiger partial charge in [0.2, 0.25) is 11.8 Å². The van der Waals surface area contributed by atoms with Crippen LogP contribution in [0.5, 0.6) is 0 Å². The maximum Gasteiger partial charge on any atom is 0.247 e. The van der Waals surface area contributed by atoms with E-state index < -0.39 is 41.5 Å². The van der Waals surface area contributed by atoms with Gasteiger partial charge in [0.05, 0.1) is 22.8 Å². The van der Waals surface area contributed by atoms with Crippen molar-refractivity contribution in [1.82, 2.24) is 25.4 Å². The summed E-state index contributed by atoms with van der Waals surface area (Å²) in [4.78, 5) is 38.3. The number of carbonyl (C=O) groups excluding carboxylic acids is 2. The lowest BCUT2D eigenvalue weighted by Gasteiger charge is -2.30. The van der Waals surface area contributed by atoms with E-state index in [1.807, 2.05) is 11.9 Å². The highest BCUT2D eigenvalue weighted by molar-refractivity contribution is 7.07. The molecular formula is C22H25F3N6O2S. The van der Waals surface area contributed by atoms with E-state index in [1.54, 1.807) is 15.8 Å². The van der Waals surface area contributed by atoms with Crippen molar-refractivity contribution < 1.29 is 22.8 Å². The lowest BCUT2D eigenvalue weighted by molar-refractivity contribution is -0.129. The number of thiazole rings is 1. The fourth-order valence-corrected chi connectivity index (χ4v) is 4.92. The van der Waals surface area contributed by atoms with Crippen LogP contribution < -0.4 is 10.6 Å². The Morgan fingerprint density at radius 2 is 1.97 bits per heavy atom. The highest BCUT2D eigenvalue weighted by atomic mass is 32.1. The first-order valence-electron chi connectivity index (χ1n) is 10.9. The average molecular weight is 495 g/mol. The molecule has 182 valence electrons. The summed E-state index contributed by atoms with van der Waals surface area (Å²) in [5.74, 6) is -4.23. The standard InChI is InChI=1S/C22H25F3N6O2S/c1-26-21(32)17(6-12-10-34-11-27-12)28-22(33)19-18-9-30(2)4-3-5-31(18)20(29-19)13-7-15(24)16(25)8-14(13)23/h7-8,10-11,17-19H,3-6,9H2,1-2H3,(H,26,32)(H,28,33)/t17?,18-,19?/m0/s1. The second-order valence-electron chi connectivity index (χ2n) is 8.38. The van der Waals surface area contributed by atoms with Crippen LogP contribution in [0.2, 0.25) is 0 Å². The third-order valence-corrected chi connectivity index (χ3v) is 6.67. The smallest absolute Gasteiger partial charge is 0.247 e. The van der Waals surface area contributed by atoms with Gasteiger partial charge in [-0.2, -0.15) is 0 Å². The normalized spacial score (nSPS) is 21.4. The van der Waals surface area contributed by atoms with Crippen LogP contribution in [0.1, 0.15) is 17.7 Å². The Labute approximate surface area is 198 Å². The minimum absolute atomic E-state index is 0.104. The highest BCUT2D eigenvalue weighted by Crippen LogP contribution is 2.28. The molecule has 1 aromatic carbocycles. The van der Waals surface area contributed by atoms with Gasteiger partial charge in [0.25, 0.3) is 0 Å². The molecule has 0 aliphatic carbocycles. The maximum absolute atomic E-state index is 14.6. The molecule has 2 aliphatic heterocycles. The average Bonchev–Trinajstić information content (AvgIpc) is 3.39. The highest BCUT2D eigenvalue weighted by Gasteiger charge is 2.43. The molecular weight excluding hydrogens is 469 g/mol. The Kier molecular flexibility index (Phi) is 7.17. The number of nitrogens with one attached hydrogen (secondary N) is 2. The van der Waals surface area contributed by atoms with Crippen molar-refractivity contribution in [2.24, 2.45) is 4.99 Å². The summed E-state index contributed by atoms with van der Waals surface area (Å²) in [7, 11) is 3.38. The number of hydrogen-bond donors (Lipinski definition) is 2. The Morgan fingerprint density at radius 3 is 2.68 bits per heavy atom. The number of aromatic nitrogens is 1. The van der Waals surface area contributed by atoms with Crippen molar-refractivity contribution in [3.63, 3.8) is 0 Å². The number of fused-ring (bicyclic) bond motifs is 1. The Hall–Kier alpha value is -2.99. The van der Waals surface area contributed by atoms with Gasteiger partial charge in [-0.3, -0.25) is 14.6 Å². The molecule has 1 saturated heterocycles. The molecule has 2 N–H and O–H groups in total. The van der Waals surface area contributed by atoms with E-state index in [-0.39, 0.29) is 23.7 Å². The predicted octanol–water partition coefficient (Wildman–Crippen LogP) is 1.17. The summed E-state index contributed by atoms with van der Waals surface area (Å²) < 4.78 is 42.1. The molecule has 1 aromatic heterocycles. The molecule has 2 unspecified atom stereocenters. The molecule has 3 heterocycles. The summed E-state index contributed by atoms with van der Waals surface area (Å²) in [5.41, 5.74) is 2.10. The molecule has 2 aromatic rings. The maximum atomic E-state index is 14.6. The van der Waals surface area contributed by atoms with Gasteiger partial charge in [-0.1, -0.05) is 0 Å². The van der Waals surface area contributed by atoms with Crippen molar-refractivity contribution in [3.8, 4) is 0 Å². The molecule has 1 fully saturated rings. The van der Waals surface area contributed by atoms with Gasteiger partial charge in [-0.15, -0.1) is 11.3 Å². The van der Waals surface area contributed by atoms with E-state index in [9.17, 15) is 22.8 Å². The largest absolute Gasteiger partial charge is 0.357 e. The number of nitrogens with zero attached hydrogens (tertiary/aromatic N) is 4. The van der Waals surface area contributed by atoms with E-state index in [1.165, 1.54) is 18.4 Å². The van der Waals surface area contributed by atoms with Gasteiger partial charge in [0, 0.05) is 38.0 Å². The first kappa shape index (κ1) is 24.1. The number of carbonyl (C=O) groups is 2. The van der Waals surface area contributed by atoms with Gasteiger partial charge >= 0.3 is 0 Å². The first-order valence-corrected chi connectivity index (χ1v) is 11.8. The molecule has 0 bridgehead atoms.